The molecule has 1 fully saturated rings. The Balaban J connectivity index is 1.57. The third-order valence-electron chi connectivity index (χ3n) is 5.86. The summed E-state index contributed by atoms with van der Waals surface area (Å²) in [6, 6.07) is 21.0. The number of nitro benzene ring substituents is 1. The average molecular weight is 487 g/mol. The second-order valence-electron chi connectivity index (χ2n) is 8.49. The first-order chi connectivity index (χ1) is 16.9. The van der Waals surface area contributed by atoms with Crippen molar-refractivity contribution in [3.63, 3.8) is 0 Å². The highest BCUT2D eigenvalue weighted by Gasteiger charge is 2.32. The van der Waals surface area contributed by atoms with Gasteiger partial charge in [0.2, 0.25) is 5.91 Å². The second-order valence-corrected chi connectivity index (χ2v) is 9.57. The van der Waals surface area contributed by atoms with E-state index in [4.69, 9.17) is 4.98 Å². The number of benzene rings is 3. The summed E-state index contributed by atoms with van der Waals surface area (Å²) in [7, 11) is 0. The minimum atomic E-state index is -0.782. The van der Waals surface area contributed by atoms with Crippen LogP contribution in [-0.2, 0) is 4.79 Å². The van der Waals surface area contributed by atoms with Crippen LogP contribution in [0.1, 0.15) is 35.3 Å². The van der Waals surface area contributed by atoms with Gasteiger partial charge in [0.1, 0.15) is 10.9 Å². The highest BCUT2D eigenvalue weighted by Crippen LogP contribution is 2.41. The molecule has 5 rings (SSSR count). The Morgan fingerprint density at radius 2 is 1.83 bits per heavy atom. The van der Waals surface area contributed by atoms with Gasteiger partial charge in [0.25, 0.3) is 11.2 Å². The zero-order valence-corrected chi connectivity index (χ0v) is 19.7. The molecule has 1 N–H and O–H groups in total. The molecule has 1 aliphatic carbocycles. The molecule has 1 saturated carbocycles. The van der Waals surface area contributed by atoms with Crippen molar-refractivity contribution in [3.05, 3.63) is 104 Å². The molecule has 0 bridgehead atoms. The standard InChI is InChI=1S/C26H22N4O4S/c1-16-11-14-21(22(15-16)30(33)34)27-24(31)23(17-7-3-2-4-8-17)35-26-28-20-10-6-5-9-19(20)25(32)29(26)18-12-13-18/h2-11,14-15,18,23H,12-13H2,1H3,(H,27,31). The third-order valence-corrected chi connectivity index (χ3v) is 7.08. The monoisotopic (exact) mass is 486 g/mol. The van der Waals surface area contributed by atoms with Crippen molar-refractivity contribution in [1.29, 1.82) is 0 Å². The Kier molecular flexibility index (Phi) is 6.08. The van der Waals surface area contributed by atoms with Gasteiger partial charge in [-0.15, -0.1) is 0 Å². The average Bonchev–Trinajstić information content (AvgIpc) is 3.69. The lowest BCUT2D eigenvalue weighted by Crippen LogP contribution is -2.25. The molecule has 176 valence electrons. The molecule has 0 radical (unpaired) electrons. The molecule has 1 amide bonds. The van der Waals surface area contributed by atoms with E-state index in [1.165, 1.54) is 23.9 Å². The number of hydrogen-bond acceptors (Lipinski definition) is 6. The number of nitrogens with one attached hydrogen (secondary N) is 1. The summed E-state index contributed by atoms with van der Waals surface area (Å²) in [5, 5.41) is 14.5. The van der Waals surface area contributed by atoms with Crippen molar-refractivity contribution in [1.82, 2.24) is 9.55 Å². The number of amides is 1. The number of thioether (sulfide) groups is 1. The van der Waals surface area contributed by atoms with Crippen molar-refractivity contribution in [2.45, 2.75) is 36.2 Å². The summed E-state index contributed by atoms with van der Waals surface area (Å²) in [5.41, 5.74) is 1.82. The lowest BCUT2D eigenvalue weighted by molar-refractivity contribution is -0.384. The molecule has 1 heterocycles. The summed E-state index contributed by atoms with van der Waals surface area (Å²) < 4.78 is 1.69. The van der Waals surface area contributed by atoms with Crippen LogP contribution in [0.4, 0.5) is 11.4 Å². The summed E-state index contributed by atoms with van der Waals surface area (Å²) in [6.45, 7) is 1.75. The lowest BCUT2D eigenvalue weighted by atomic mass is 10.1. The lowest BCUT2D eigenvalue weighted by Gasteiger charge is -2.19. The molecule has 0 aliphatic heterocycles. The summed E-state index contributed by atoms with van der Waals surface area (Å²) >= 11 is 1.18. The SMILES string of the molecule is Cc1ccc(NC(=O)C(Sc2nc3ccccc3c(=O)n2C2CC2)c2ccccc2)c([N+](=O)[O-])c1. The van der Waals surface area contributed by atoms with E-state index in [0.717, 1.165) is 18.4 Å². The van der Waals surface area contributed by atoms with Crippen LogP contribution in [0.3, 0.4) is 0 Å². The Morgan fingerprint density at radius 1 is 1.11 bits per heavy atom. The van der Waals surface area contributed by atoms with Crippen LogP contribution in [0.2, 0.25) is 0 Å². The van der Waals surface area contributed by atoms with Crippen LogP contribution >= 0.6 is 11.8 Å². The molecule has 1 unspecified atom stereocenters. The fourth-order valence-corrected chi connectivity index (χ4v) is 5.13. The van der Waals surface area contributed by atoms with Gasteiger partial charge in [0.05, 0.1) is 15.8 Å². The molecule has 9 heteroatoms. The first-order valence-electron chi connectivity index (χ1n) is 11.2. The number of carbonyl (C=O) groups is 1. The van der Waals surface area contributed by atoms with Crippen LogP contribution in [0.5, 0.6) is 0 Å². The third kappa shape index (κ3) is 4.67. The minimum Gasteiger partial charge on any atom is -0.319 e. The number of fused-ring (bicyclic) bond motifs is 1. The first-order valence-corrected chi connectivity index (χ1v) is 12.1. The predicted octanol–water partition coefficient (Wildman–Crippen LogP) is 5.42. The Morgan fingerprint density at radius 3 is 2.54 bits per heavy atom. The number of aromatic nitrogens is 2. The van der Waals surface area contributed by atoms with Gasteiger partial charge in [-0.2, -0.15) is 0 Å². The fourth-order valence-electron chi connectivity index (χ4n) is 3.97. The van der Waals surface area contributed by atoms with Gasteiger partial charge < -0.3 is 5.32 Å². The van der Waals surface area contributed by atoms with Crippen LogP contribution in [0, 0.1) is 17.0 Å². The molecule has 3 aromatic carbocycles. The molecule has 4 aromatic rings. The number of carbonyl (C=O) groups excluding carboxylic acids is 1. The summed E-state index contributed by atoms with van der Waals surface area (Å²) in [4.78, 5) is 42.7. The number of rotatable bonds is 7. The number of para-hydroxylation sites is 1. The molecule has 1 aliphatic rings. The molecular weight excluding hydrogens is 464 g/mol. The van der Waals surface area contributed by atoms with E-state index in [1.54, 1.807) is 29.7 Å². The smallest absolute Gasteiger partial charge is 0.293 e. The molecule has 1 atom stereocenters. The van der Waals surface area contributed by atoms with Crippen LogP contribution < -0.4 is 10.9 Å². The molecule has 35 heavy (non-hydrogen) atoms. The molecule has 8 nitrogen and oxygen atoms in total. The normalized spacial score (nSPS) is 14.0. The van der Waals surface area contributed by atoms with Crippen LogP contribution in [0.15, 0.2) is 82.7 Å². The maximum Gasteiger partial charge on any atom is 0.293 e. The van der Waals surface area contributed by atoms with E-state index in [1.807, 2.05) is 42.5 Å². The van der Waals surface area contributed by atoms with E-state index in [0.29, 0.717) is 21.6 Å². The maximum absolute atomic E-state index is 13.6. The molecular formula is C26H22N4O4S. The molecule has 0 saturated heterocycles. The Bertz CT molecular complexity index is 1500. The van der Waals surface area contributed by atoms with Crippen molar-refractivity contribution < 1.29 is 9.72 Å². The van der Waals surface area contributed by atoms with Crippen molar-refractivity contribution in [2.24, 2.45) is 0 Å². The van der Waals surface area contributed by atoms with Gasteiger partial charge >= 0.3 is 0 Å². The zero-order chi connectivity index (χ0) is 24.5. The zero-order valence-electron chi connectivity index (χ0n) is 18.9. The highest BCUT2D eigenvalue weighted by atomic mass is 32.2. The second kappa shape index (κ2) is 9.34. The largest absolute Gasteiger partial charge is 0.319 e. The number of anilines is 1. The molecule has 0 spiro atoms. The first kappa shape index (κ1) is 22.8. The van der Waals surface area contributed by atoms with Gasteiger partial charge in [-0.25, -0.2) is 4.98 Å². The summed E-state index contributed by atoms with van der Waals surface area (Å²) in [6.07, 6.45) is 1.76. The van der Waals surface area contributed by atoms with E-state index < -0.39 is 16.1 Å². The number of hydrogen-bond donors (Lipinski definition) is 1. The van der Waals surface area contributed by atoms with Crippen molar-refractivity contribution in [3.8, 4) is 0 Å². The van der Waals surface area contributed by atoms with E-state index >= 15 is 0 Å². The minimum absolute atomic E-state index is 0.0553. The van der Waals surface area contributed by atoms with Crippen LogP contribution in [0.25, 0.3) is 10.9 Å². The van der Waals surface area contributed by atoms with Gasteiger partial charge in [0.15, 0.2) is 5.16 Å². The fraction of sp³-hybridized carbons (Fsp3) is 0.192. The number of nitro groups is 1. The summed E-state index contributed by atoms with van der Waals surface area (Å²) in [5.74, 6) is -0.432. The Hall–Kier alpha value is -3.98. The van der Waals surface area contributed by atoms with E-state index in [-0.39, 0.29) is 23.0 Å². The maximum atomic E-state index is 13.6. The van der Waals surface area contributed by atoms with Gasteiger partial charge in [0, 0.05) is 12.1 Å². The number of aryl methyl sites for hydroxylation is 1. The van der Waals surface area contributed by atoms with Crippen molar-refractivity contribution >= 4 is 39.9 Å². The quantitative estimate of drug-likeness (QED) is 0.162. The van der Waals surface area contributed by atoms with E-state index in [9.17, 15) is 19.7 Å². The topological polar surface area (TPSA) is 107 Å². The Labute approximate surface area is 205 Å². The highest BCUT2D eigenvalue weighted by molar-refractivity contribution is 8.00. The van der Waals surface area contributed by atoms with Crippen molar-refractivity contribution in [2.75, 3.05) is 5.32 Å². The van der Waals surface area contributed by atoms with Crippen LogP contribution in [-0.4, -0.2) is 20.4 Å². The van der Waals surface area contributed by atoms with Gasteiger partial charge in [-0.1, -0.05) is 60.3 Å². The number of nitrogens with zero attached hydrogens (tertiary/aromatic N) is 3. The van der Waals surface area contributed by atoms with E-state index in [2.05, 4.69) is 5.32 Å². The van der Waals surface area contributed by atoms with Gasteiger partial charge in [-0.05, 0) is 49.1 Å². The van der Waals surface area contributed by atoms with Gasteiger partial charge in [-0.3, -0.25) is 24.3 Å². The molecule has 1 aromatic heterocycles. The predicted molar refractivity (Wildman–Crippen MR) is 136 cm³/mol.